The molecule has 0 spiro atoms. The molecule has 0 aromatic heterocycles. The number of methoxy groups -OCH3 is 1. The summed E-state index contributed by atoms with van der Waals surface area (Å²) in [4.78, 5) is 39.0. The van der Waals surface area contributed by atoms with Crippen LogP contribution in [0.4, 0.5) is 0 Å². The van der Waals surface area contributed by atoms with Crippen molar-refractivity contribution < 1.29 is 19.1 Å². The fourth-order valence-corrected chi connectivity index (χ4v) is 2.45. The van der Waals surface area contributed by atoms with Crippen LogP contribution in [0.25, 0.3) is 0 Å². The Labute approximate surface area is 132 Å². The maximum Gasteiger partial charge on any atom is 0.306 e. The first kappa shape index (κ1) is 18.5. The second-order valence-corrected chi connectivity index (χ2v) is 6.93. The van der Waals surface area contributed by atoms with Gasteiger partial charge in [0.2, 0.25) is 11.8 Å². The Balaban J connectivity index is 2.46. The highest BCUT2D eigenvalue weighted by Crippen LogP contribution is 2.20. The Hall–Kier alpha value is -1.59. The SMILES string of the molecule is COC(=O)CCC(=O)N1CCCN(C(=O)CC(C)(C)C)CC1. The van der Waals surface area contributed by atoms with Crippen molar-refractivity contribution in [1.29, 1.82) is 0 Å². The van der Waals surface area contributed by atoms with Crippen LogP contribution in [0.3, 0.4) is 0 Å². The lowest BCUT2D eigenvalue weighted by molar-refractivity contribution is -0.143. The Kier molecular flexibility index (Phi) is 6.84. The van der Waals surface area contributed by atoms with Gasteiger partial charge in [-0.05, 0) is 11.8 Å². The summed E-state index contributed by atoms with van der Waals surface area (Å²) >= 11 is 0. The van der Waals surface area contributed by atoms with E-state index in [2.05, 4.69) is 4.74 Å². The second kappa shape index (κ2) is 8.15. The van der Waals surface area contributed by atoms with E-state index in [0.29, 0.717) is 32.6 Å². The number of ether oxygens (including phenoxy) is 1. The lowest BCUT2D eigenvalue weighted by Crippen LogP contribution is -2.38. The number of rotatable bonds is 4. The van der Waals surface area contributed by atoms with Crippen LogP contribution in [0, 0.1) is 5.41 Å². The first-order chi connectivity index (χ1) is 10.2. The number of nitrogens with zero attached hydrogens (tertiary/aromatic N) is 2. The Morgan fingerprint density at radius 2 is 1.45 bits per heavy atom. The van der Waals surface area contributed by atoms with E-state index in [1.165, 1.54) is 7.11 Å². The standard InChI is InChI=1S/C16H28N2O4/c1-16(2,3)12-14(20)18-9-5-8-17(10-11-18)13(19)6-7-15(21)22-4/h5-12H2,1-4H3. The molecule has 1 fully saturated rings. The highest BCUT2D eigenvalue weighted by atomic mass is 16.5. The highest BCUT2D eigenvalue weighted by Gasteiger charge is 2.25. The minimum absolute atomic E-state index is 0.0284. The van der Waals surface area contributed by atoms with Crippen LogP contribution in [0.5, 0.6) is 0 Å². The zero-order valence-corrected chi connectivity index (χ0v) is 14.2. The van der Waals surface area contributed by atoms with E-state index < -0.39 is 0 Å². The van der Waals surface area contributed by atoms with E-state index in [-0.39, 0.29) is 36.0 Å². The van der Waals surface area contributed by atoms with Gasteiger partial charge in [0, 0.05) is 39.0 Å². The van der Waals surface area contributed by atoms with E-state index >= 15 is 0 Å². The molecule has 6 heteroatoms. The summed E-state index contributed by atoms with van der Waals surface area (Å²) in [5, 5.41) is 0. The average molecular weight is 312 g/mol. The van der Waals surface area contributed by atoms with Crippen molar-refractivity contribution in [2.45, 2.75) is 46.5 Å². The van der Waals surface area contributed by atoms with Crippen LogP contribution in [-0.4, -0.2) is 60.9 Å². The van der Waals surface area contributed by atoms with Crippen molar-refractivity contribution in [3.63, 3.8) is 0 Å². The minimum atomic E-state index is -0.370. The van der Waals surface area contributed by atoms with Crippen molar-refractivity contribution in [3.8, 4) is 0 Å². The minimum Gasteiger partial charge on any atom is -0.469 e. The number of carbonyl (C=O) groups is 3. The number of esters is 1. The van der Waals surface area contributed by atoms with Crippen LogP contribution < -0.4 is 0 Å². The van der Waals surface area contributed by atoms with Crippen molar-refractivity contribution in [3.05, 3.63) is 0 Å². The summed E-state index contributed by atoms with van der Waals surface area (Å²) in [6.07, 6.45) is 1.57. The van der Waals surface area contributed by atoms with Gasteiger partial charge >= 0.3 is 5.97 Å². The molecule has 1 aliphatic rings. The summed E-state index contributed by atoms with van der Waals surface area (Å²) in [6, 6.07) is 0. The molecule has 0 aliphatic carbocycles. The fourth-order valence-electron chi connectivity index (χ4n) is 2.45. The molecule has 0 atom stereocenters. The molecule has 6 nitrogen and oxygen atoms in total. The molecule has 126 valence electrons. The van der Waals surface area contributed by atoms with E-state index in [1.807, 2.05) is 25.7 Å². The molecular weight excluding hydrogens is 284 g/mol. The number of carbonyl (C=O) groups excluding carboxylic acids is 3. The molecule has 2 amide bonds. The van der Waals surface area contributed by atoms with Crippen LogP contribution in [-0.2, 0) is 19.1 Å². The predicted octanol–water partition coefficient (Wildman–Crippen LogP) is 1.44. The molecule has 0 radical (unpaired) electrons. The van der Waals surface area contributed by atoms with Crippen LogP contribution in [0.1, 0.15) is 46.5 Å². The monoisotopic (exact) mass is 312 g/mol. The molecule has 0 aromatic carbocycles. The summed E-state index contributed by atoms with van der Waals surface area (Å²) in [5.74, 6) is -0.267. The molecule has 0 unspecified atom stereocenters. The van der Waals surface area contributed by atoms with Gasteiger partial charge in [-0.25, -0.2) is 0 Å². The van der Waals surface area contributed by atoms with Gasteiger partial charge in [0.25, 0.3) is 0 Å². The maximum atomic E-state index is 12.3. The third-order valence-electron chi connectivity index (χ3n) is 3.65. The molecule has 22 heavy (non-hydrogen) atoms. The summed E-state index contributed by atoms with van der Waals surface area (Å²) in [7, 11) is 1.32. The maximum absolute atomic E-state index is 12.3. The van der Waals surface area contributed by atoms with Gasteiger partial charge < -0.3 is 14.5 Å². The van der Waals surface area contributed by atoms with E-state index in [0.717, 1.165) is 6.42 Å². The van der Waals surface area contributed by atoms with E-state index in [1.54, 1.807) is 4.90 Å². The van der Waals surface area contributed by atoms with Crippen LogP contribution >= 0.6 is 0 Å². The van der Waals surface area contributed by atoms with Crippen molar-refractivity contribution in [1.82, 2.24) is 9.80 Å². The molecule has 0 N–H and O–H groups in total. The molecule has 1 aliphatic heterocycles. The first-order valence-corrected chi connectivity index (χ1v) is 7.85. The van der Waals surface area contributed by atoms with Gasteiger partial charge in [0.05, 0.1) is 13.5 Å². The zero-order chi connectivity index (χ0) is 16.8. The van der Waals surface area contributed by atoms with Gasteiger partial charge in [0.1, 0.15) is 0 Å². The summed E-state index contributed by atoms with van der Waals surface area (Å²) in [5.41, 5.74) is -0.0284. The van der Waals surface area contributed by atoms with Crippen molar-refractivity contribution in [2.24, 2.45) is 5.41 Å². The average Bonchev–Trinajstić information content (AvgIpc) is 2.68. The number of hydrogen-bond donors (Lipinski definition) is 0. The lowest BCUT2D eigenvalue weighted by Gasteiger charge is -2.25. The Morgan fingerprint density at radius 1 is 0.909 bits per heavy atom. The fraction of sp³-hybridized carbons (Fsp3) is 0.812. The van der Waals surface area contributed by atoms with Gasteiger partial charge in [-0.1, -0.05) is 20.8 Å². The largest absolute Gasteiger partial charge is 0.469 e. The predicted molar refractivity (Wildman–Crippen MR) is 83.1 cm³/mol. The Morgan fingerprint density at radius 3 is 1.95 bits per heavy atom. The van der Waals surface area contributed by atoms with E-state index in [4.69, 9.17) is 0 Å². The molecular formula is C16H28N2O4. The molecule has 1 heterocycles. The molecule has 1 saturated heterocycles. The first-order valence-electron chi connectivity index (χ1n) is 7.85. The van der Waals surface area contributed by atoms with Crippen LogP contribution in [0.15, 0.2) is 0 Å². The van der Waals surface area contributed by atoms with Crippen molar-refractivity contribution in [2.75, 3.05) is 33.3 Å². The quantitative estimate of drug-likeness (QED) is 0.737. The summed E-state index contributed by atoms with van der Waals surface area (Å²) in [6.45, 7) is 8.58. The molecule has 1 rings (SSSR count). The molecule has 0 saturated carbocycles. The van der Waals surface area contributed by atoms with E-state index in [9.17, 15) is 14.4 Å². The van der Waals surface area contributed by atoms with Gasteiger partial charge in [-0.15, -0.1) is 0 Å². The van der Waals surface area contributed by atoms with Gasteiger partial charge in [-0.2, -0.15) is 0 Å². The highest BCUT2D eigenvalue weighted by molar-refractivity contribution is 5.81. The topological polar surface area (TPSA) is 66.9 Å². The number of hydrogen-bond acceptors (Lipinski definition) is 4. The van der Waals surface area contributed by atoms with Crippen LogP contribution in [0.2, 0.25) is 0 Å². The normalized spacial score (nSPS) is 16.2. The molecule has 0 bridgehead atoms. The Bertz CT molecular complexity index is 415. The van der Waals surface area contributed by atoms with Gasteiger partial charge in [-0.3, -0.25) is 14.4 Å². The molecule has 0 aromatic rings. The smallest absolute Gasteiger partial charge is 0.306 e. The second-order valence-electron chi connectivity index (χ2n) is 6.93. The number of amides is 2. The van der Waals surface area contributed by atoms with Gasteiger partial charge in [0.15, 0.2) is 0 Å². The third-order valence-corrected chi connectivity index (χ3v) is 3.65. The summed E-state index contributed by atoms with van der Waals surface area (Å²) < 4.78 is 4.54. The lowest BCUT2D eigenvalue weighted by atomic mass is 9.91. The van der Waals surface area contributed by atoms with Crippen molar-refractivity contribution >= 4 is 17.8 Å². The third kappa shape index (κ3) is 6.45. The zero-order valence-electron chi connectivity index (χ0n) is 14.2.